The minimum Gasteiger partial charge on any atom is -0.489 e. The van der Waals surface area contributed by atoms with Crippen molar-refractivity contribution in [1.82, 2.24) is 14.1 Å². The first kappa shape index (κ1) is 24.4. The van der Waals surface area contributed by atoms with Crippen LogP contribution in [0.3, 0.4) is 0 Å². The highest BCUT2D eigenvalue weighted by molar-refractivity contribution is 6.35. The Kier molecular flexibility index (Phi) is 6.81. The molecule has 5 rings (SSSR count). The summed E-state index contributed by atoms with van der Waals surface area (Å²) in [7, 11) is 0. The normalized spacial score (nSPS) is 10.9. The molecule has 0 saturated heterocycles. The number of nitrogens with zero attached hydrogens (tertiary/aromatic N) is 3. The molecule has 5 aromatic rings. The summed E-state index contributed by atoms with van der Waals surface area (Å²) in [6, 6.07) is 21.2. The SMILES string of the molecule is C=CC(=O)Nc1cccc(-n2c(=O)n(-c3ccc(OCc4ccc(Cl)cc4Cl)cc3)c3cnccc32)c1. The second-order valence-corrected chi connectivity index (χ2v) is 8.92. The van der Waals surface area contributed by atoms with Crippen LogP contribution in [-0.2, 0) is 11.4 Å². The molecule has 3 aromatic carbocycles. The summed E-state index contributed by atoms with van der Waals surface area (Å²) >= 11 is 12.2. The summed E-state index contributed by atoms with van der Waals surface area (Å²) in [5.74, 6) is 0.284. The lowest BCUT2D eigenvalue weighted by molar-refractivity contribution is -0.111. The highest BCUT2D eigenvalue weighted by atomic mass is 35.5. The molecule has 0 aliphatic carbocycles. The summed E-state index contributed by atoms with van der Waals surface area (Å²) in [5, 5.41) is 3.82. The number of hydrogen-bond acceptors (Lipinski definition) is 4. The number of benzene rings is 3. The number of amides is 1. The first-order valence-electron chi connectivity index (χ1n) is 11.2. The van der Waals surface area contributed by atoms with Gasteiger partial charge in [0.05, 0.1) is 28.6 Å². The van der Waals surface area contributed by atoms with Crippen molar-refractivity contribution in [3.63, 3.8) is 0 Å². The van der Waals surface area contributed by atoms with E-state index in [1.54, 1.807) is 88.3 Å². The molecule has 9 heteroatoms. The van der Waals surface area contributed by atoms with Gasteiger partial charge in [0.25, 0.3) is 0 Å². The third-order valence-corrected chi connectivity index (χ3v) is 6.29. The zero-order chi connectivity index (χ0) is 25.9. The highest BCUT2D eigenvalue weighted by Gasteiger charge is 2.17. The van der Waals surface area contributed by atoms with Crippen LogP contribution in [0.25, 0.3) is 22.4 Å². The van der Waals surface area contributed by atoms with Crippen LogP contribution in [0, 0.1) is 0 Å². The predicted octanol–water partition coefficient (Wildman–Crippen LogP) is 6.19. The number of fused-ring (bicyclic) bond motifs is 1. The Bertz CT molecular complexity index is 1690. The van der Waals surface area contributed by atoms with E-state index in [4.69, 9.17) is 27.9 Å². The van der Waals surface area contributed by atoms with Gasteiger partial charge in [0, 0.05) is 27.5 Å². The van der Waals surface area contributed by atoms with E-state index < -0.39 is 0 Å². The van der Waals surface area contributed by atoms with Crippen LogP contribution in [0.1, 0.15) is 5.56 Å². The van der Waals surface area contributed by atoms with Gasteiger partial charge in [0.15, 0.2) is 0 Å². The molecule has 2 aromatic heterocycles. The number of carbonyl (C=O) groups excluding carboxylic acids is 1. The van der Waals surface area contributed by atoms with E-state index in [2.05, 4.69) is 16.9 Å². The Morgan fingerprint density at radius 3 is 2.51 bits per heavy atom. The number of nitrogens with one attached hydrogen (secondary N) is 1. The molecule has 0 aliphatic heterocycles. The van der Waals surface area contributed by atoms with Crippen LogP contribution in [0.4, 0.5) is 5.69 Å². The topological polar surface area (TPSA) is 78.2 Å². The lowest BCUT2D eigenvalue weighted by Crippen LogP contribution is -2.22. The summed E-state index contributed by atoms with van der Waals surface area (Å²) in [4.78, 5) is 29.6. The fraction of sp³-hybridized carbons (Fsp3) is 0.0357. The molecule has 0 unspecified atom stereocenters. The van der Waals surface area contributed by atoms with Crippen molar-refractivity contribution < 1.29 is 9.53 Å². The molecule has 184 valence electrons. The number of anilines is 1. The highest BCUT2D eigenvalue weighted by Crippen LogP contribution is 2.25. The van der Waals surface area contributed by atoms with Gasteiger partial charge in [-0.15, -0.1) is 0 Å². The van der Waals surface area contributed by atoms with Crippen molar-refractivity contribution in [2.45, 2.75) is 6.61 Å². The number of halogens is 2. The van der Waals surface area contributed by atoms with Crippen molar-refractivity contribution in [1.29, 1.82) is 0 Å². The van der Waals surface area contributed by atoms with Crippen LogP contribution >= 0.6 is 23.2 Å². The maximum Gasteiger partial charge on any atom is 0.338 e. The lowest BCUT2D eigenvalue weighted by atomic mass is 10.2. The van der Waals surface area contributed by atoms with Crippen LogP contribution in [0.2, 0.25) is 10.0 Å². The molecule has 0 radical (unpaired) electrons. The van der Waals surface area contributed by atoms with Gasteiger partial charge in [0.2, 0.25) is 5.91 Å². The maximum atomic E-state index is 13.7. The first-order valence-corrected chi connectivity index (χ1v) is 12.0. The molecule has 0 aliphatic rings. The zero-order valence-corrected chi connectivity index (χ0v) is 20.9. The zero-order valence-electron chi connectivity index (χ0n) is 19.4. The Morgan fingerprint density at radius 2 is 1.76 bits per heavy atom. The summed E-state index contributed by atoms with van der Waals surface area (Å²) in [6.45, 7) is 3.75. The van der Waals surface area contributed by atoms with Crippen LogP contribution in [-0.4, -0.2) is 20.0 Å². The summed E-state index contributed by atoms with van der Waals surface area (Å²) in [6.07, 6.45) is 4.46. The monoisotopic (exact) mass is 530 g/mol. The number of pyridine rings is 1. The van der Waals surface area contributed by atoms with Crippen molar-refractivity contribution in [2.24, 2.45) is 0 Å². The van der Waals surface area contributed by atoms with Crippen molar-refractivity contribution >= 4 is 45.8 Å². The number of imidazole rings is 1. The van der Waals surface area contributed by atoms with E-state index in [0.29, 0.717) is 43.9 Å². The number of carbonyl (C=O) groups is 1. The molecule has 1 N–H and O–H groups in total. The van der Waals surface area contributed by atoms with E-state index in [1.165, 1.54) is 6.08 Å². The maximum absolute atomic E-state index is 13.7. The van der Waals surface area contributed by atoms with Gasteiger partial charge in [-0.2, -0.15) is 0 Å². The van der Waals surface area contributed by atoms with E-state index in [9.17, 15) is 9.59 Å². The van der Waals surface area contributed by atoms with Gasteiger partial charge in [-0.3, -0.25) is 18.9 Å². The third kappa shape index (κ3) is 5.00. The van der Waals surface area contributed by atoms with Crippen LogP contribution < -0.4 is 15.7 Å². The van der Waals surface area contributed by atoms with Crippen LogP contribution in [0.5, 0.6) is 5.75 Å². The second-order valence-electron chi connectivity index (χ2n) is 8.08. The quantitative estimate of drug-likeness (QED) is 0.254. The average Bonchev–Trinajstić information content (AvgIpc) is 3.20. The van der Waals surface area contributed by atoms with Crippen molar-refractivity contribution in [3.8, 4) is 17.1 Å². The van der Waals surface area contributed by atoms with E-state index in [1.807, 2.05) is 6.07 Å². The Morgan fingerprint density at radius 1 is 0.973 bits per heavy atom. The van der Waals surface area contributed by atoms with E-state index >= 15 is 0 Å². The smallest absolute Gasteiger partial charge is 0.338 e. The Balaban J connectivity index is 1.48. The molecule has 7 nitrogen and oxygen atoms in total. The molecular weight excluding hydrogens is 511 g/mol. The third-order valence-electron chi connectivity index (χ3n) is 5.70. The number of ether oxygens (including phenoxy) is 1. The molecule has 1 amide bonds. The van der Waals surface area contributed by atoms with Gasteiger partial charge in [-0.25, -0.2) is 4.79 Å². The van der Waals surface area contributed by atoms with Gasteiger partial charge in [-0.05, 0) is 66.7 Å². The molecule has 0 bridgehead atoms. The van der Waals surface area contributed by atoms with Crippen molar-refractivity contribution in [3.05, 3.63) is 124 Å². The Labute approximate surface area is 222 Å². The Hall–Kier alpha value is -4.33. The first-order chi connectivity index (χ1) is 17.9. The molecular formula is C28H20Cl2N4O3. The summed E-state index contributed by atoms with van der Waals surface area (Å²) < 4.78 is 9.03. The average molecular weight is 531 g/mol. The molecule has 0 saturated carbocycles. The molecule has 37 heavy (non-hydrogen) atoms. The van der Waals surface area contributed by atoms with Gasteiger partial charge in [-0.1, -0.05) is 41.9 Å². The van der Waals surface area contributed by atoms with Crippen LogP contribution in [0.15, 0.2) is 103 Å². The van der Waals surface area contributed by atoms with Gasteiger partial charge < -0.3 is 10.1 Å². The molecule has 2 heterocycles. The second kappa shape index (κ2) is 10.3. The largest absolute Gasteiger partial charge is 0.489 e. The molecule has 0 spiro atoms. The van der Waals surface area contributed by atoms with Gasteiger partial charge in [0.1, 0.15) is 12.4 Å². The summed E-state index contributed by atoms with van der Waals surface area (Å²) in [5.41, 5.74) is 3.63. The number of aromatic nitrogens is 3. The fourth-order valence-electron chi connectivity index (χ4n) is 3.95. The number of rotatable bonds is 7. The predicted molar refractivity (Wildman–Crippen MR) is 146 cm³/mol. The van der Waals surface area contributed by atoms with Crippen molar-refractivity contribution in [2.75, 3.05) is 5.32 Å². The minimum atomic E-state index is -0.336. The number of hydrogen-bond donors (Lipinski definition) is 1. The standard InChI is InChI=1S/C28H20Cl2N4O3/c1-2-27(35)32-20-4-3-5-22(15-20)34-25-12-13-31-16-26(25)33(28(34)36)21-8-10-23(11-9-21)37-17-18-6-7-19(29)14-24(18)30/h2-16H,1,17H2,(H,32,35). The minimum absolute atomic E-state index is 0.275. The van der Waals surface area contributed by atoms with Gasteiger partial charge >= 0.3 is 5.69 Å². The lowest BCUT2D eigenvalue weighted by Gasteiger charge is -2.09. The fourth-order valence-corrected chi connectivity index (χ4v) is 4.42. The molecule has 0 atom stereocenters. The van der Waals surface area contributed by atoms with E-state index in [0.717, 1.165) is 5.56 Å². The van der Waals surface area contributed by atoms with E-state index in [-0.39, 0.29) is 18.2 Å². The molecule has 0 fully saturated rings.